The largest absolute Gasteiger partial charge is 0.497 e. The summed E-state index contributed by atoms with van der Waals surface area (Å²) in [6, 6.07) is 12.6. The molecule has 24 heavy (non-hydrogen) atoms. The summed E-state index contributed by atoms with van der Waals surface area (Å²) in [6.45, 7) is 0. The molecule has 0 aliphatic heterocycles. The minimum absolute atomic E-state index is 0.401. The Hall–Kier alpha value is -2.86. The van der Waals surface area contributed by atoms with Gasteiger partial charge in [-0.25, -0.2) is 4.79 Å². The number of nitrogens with one attached hydrogen (secondary N) is 1. The van der Waals surface area contributed by atoms with Gasteiger partial charge in [0.25, 0.3) is 0 Å². The van der Waals surface area contributed by atoms with Crippen molar-refractivity contribution in [3.05, 3.63) is 52.9 Å². The summed E-state index contributed by atoms with van der Waals surface area (Å²) in [7, 11) is 2.96. The number of aldehydes is 1. The molecule has 0 aliphatic rings. The molecule has 1 N–H and O–H groups in total. The second-order valence-corrected chi connectivity index (χ2v) is 6.08. The summed E-state index contributed by atoms with van der Waals surface area (Å²) >= 11 is 1.34. The highest BCUT2D eigenvalue weighted by atomic mass is 32.1. The molecule has 5 nitrogen and oxygen atoms in total. The van der Waals surface area contributed by atoms with Crippen LogP contribution in [0.4, 0.5) is 11.4 Å². The fourth-order valence-electron chi connectivity index (χ4n) is 2.35. The molecule has 3 rings (SSSR count). The average molecular weight is 341 g/mol. The number of hydrogen-bond donors (Lipinski definition) is 1. The van der Waals surface area contributed by atoms with Crippen molar-refractivity contribution in [3.8, 4) is 5.75 Å². The minimum atomic E-state index is -0.401. The van der Waals surface area contributed by atoms with Gasteiger partial charge in [0, 0.05) is 21.3 Å². The Kier molecular flexibility index (Phi) is 4.48. The van der Waals surface area contributed by atoms with Gasteiger partial charge in [-0.2, -0.15) is 0 Å². The lowest BCUT2D eigenvalue weighted by atomic mass is 10.2. The van der Waals surface area contributed by atoms with E-state index in [2.05, 4.69) is 5.32 Å². The lowest BCUT2D eigenvalue weighted by Gasteiger charge is -2.08. The molecule has 0 radical (unpaired) electrons. The maximum atomic E-state index is 12.1. The summed E-state index contributed by atoms with van der Waals surface area (Å²) in [5, 5.41) is 4.16. The van der Waals surface area contributed by atoms with Gasteiger partial charge >= 0.3 is 5.97 Å². The van der Waals surface area contributed by atoms with Crippen molar-refractivity contribution < 1.29 is 19.1 Å². The number of hydrogen-bond acceptors (Lipinski definition) is 6. The zero-order valence-corrected chi connectivity index (χ0v) is 14.0. The molecule has 2 aromatic carbocycles. The standard InChI is InChI=1S/C18H15NO4S/c1-22-13-7-8-14-15(9-13)24-17(18(21)23-2)16(14)19-12-5-3-11(10-20)4-6-12/h3-10,19H,1-2H3. The quantitative estimate of drug-likeness (QED) is 0.555. The van der Waals surface area contributed by atoms with Gasteiger partial charge in [0.05, 0.1) is 19.9 Å². The van der Waals surface area contributed by atoms with Gasteiger partial charge in [0.15, 0.2) is 0 Å². The SMILES string of the molecule is COC(=O)c1sc2cc(OC)ccc2c1Nc1ccc(C=O)cc1. The Morgan fingerprint density at radius 1 is 1.12 bits per heavy atom. The normalized spacial score (nSPS) is 10.4. The van der Waals surface area contributed by atoms with Crippen molar-refractivity contribution in [2.45, 2.75) is 0 Å². The Labute approximate surface area is 142 Å². The smallest absolute Gasteiger partial charge is 0.350 e. The maximum absolute atomic E-state index is 12.1. The first-order valence-corrected chi connectivity index (χ1v) is 7.99. The number of rotatable bonds is 5. The average Bonchev–Trinajstić information content (AvgIpc) is 2.99. The third-order valence-corrected chi connectivity index (χ3v) is 4.72. The Bertz CT molecular complexity index is 899. The van der Waals surface area contributed by atoms with E-state index in [9.17, 15) is 9.59 Å². The van der Waals surface area contributed by atoms with Gasteiger partial charge in [-0.05, 0) is 42.5 Å². The number of esters is 1. The van der Waals surface area contributed by atoms with Crippen LogP contribution >= 0.6 is 11.3 Å². The predicted molar refractivity (Wildman–Crippen MR) is 94.8 cm³/mol. The van der Waals surface area contributed by atoms with Crippen LogP contribution in [-0.4, -0.2) is 26.5 Å². The highest BCUT2D eigenvalue weighted by molar-refractivity contribution is 7.21. The highest BCUT2D eigenvalue weighted by Crippen LogP contribution is 2.39. The van der Waals surface area contributed by atoms with Crippen LogP contribution in [0.1, 0.15) is 20.0 Å². The van der Waals surface area contributed by atoms with Gasteiger partial charge < -0.3 is 14.8 Å². The summed E-state index contributed by atoms with van der Waals surface area (Å²) in [4.78, 5) is 23.4. The number of anilines is 2. The van der Waals surface area contributed by atoms with Crippen molar-refractivity contribution >= 4 is 45.1 Å². The van der Waals surface area contributed by atoms with Gasteiger partial charge in [-0.1, -0.05) is 0 Å². The summed E-state index contributed by atoms with van der Waals surface area (Å²) in [5.41, 5.74) is 2.05. The monoisotopic (exact) mass is 341 g/mol. The van der Waals surface area contributed by atoms with Crippen LogP contribution in [0.2, 0.25) is 0 Å². The molecule has 6 heteroatoms. The lowest BCUT2D eigenvalue weighted by molar-refractivity contribution is 0.0607. The Morgan fingerprint density at radius 2 is 1.88 bits per heavy atom. The summed E-state index contributed by atoms with van der Waals surface area (Å²) in [6.07, 6.45) is 0.788. The van der Waals surface area contributed by atoms with E-state index in [1.165, 1.54) is 18.4 Å². The van der Waals surface area contributed by atoms with Crippen molar-refractivity contribution in [1.82, 2.24) is 0 Å². The number of thiophene rings is 1. The molecule has 0 amide bonds. The number of ether oxygens (including phenoxy) is 2. The number of fused-ring (bicyclic) bond motifs is 1. The third-order valence-electron chi connectivity index (χ3n) is 3.58. The van der Waals surface area contributed by atoms with Crippen LogP contribution in [0.3, 0.4) is 0 Å². The number of methoxy groups -OCH3 is 2. The first-order chi connectivity index (χ1) is 11.7. The summed E-state index contributed by atoms with van der Waals surface area (Å²) in [5.74, 6) is 0.323. The van der Waals surface area contributed by atoms with Crippen LogP contribution in [0, 0.1) is 0 Å². The molecule has 1 heterocycles. The third kappa shape index (κ3) is 2.96. The topological polar surface area (TPSA) is 64.6 Å². The molecule has 0 saturated carbocycles. The second-order valence-electron chi connectivity index (χ2n) is 5.02. The fraction of sp³-hybridized carbons (Fsp3) is 0.111. The molecule has 122 valence electrons. The molecule has 3 aromatic rings. The number of benzene rings is 2. The van der Waals surface area contributed by atoms with E-state index >= 15 is 0 Å². The van der Waals surface area contributed by atoms with Crippen LogP contribution in [0.25, 0.3) is 10.1 Å². The number of carbonyl (C=O) groups is 2. The molecule has 0 saturated heterocycles. The van der Waals surface area contributed by atoms with Crippen LogP contribution in [0.5, 0.6) is 5.75 Å². The summed E-state index contributed by atoms with van der Waals surface area (Å²) < 4.78 is 11.0. The first kappa shape index (κ1) is 16.0. The second kappa shape index (κ2) is 6.72. The fourth-order valence-corrected chi connectivity index (χ4v) is 3.46. The zero-order valence-electron chi connectivity index (χ0n) is 13.2. The van der Waals surface area contributed by atoms with E-state index in [1.807, 2.05) is 18.2 Å². The van der Waals surface area contributed by atoms with E-state index in [0.29, 0.717) is 16.1 Å². The predicted octanol–water partition coefficient (Wildman–Crippen LogP) is 4.25. The van der Waals surface area contributed by atoms with Crippen molar-refractivity contribution in [3.63, 3.8) is 0 Å². The molecule has 0 fully saturated rings. The highest BCUT2D eigenvalue weighted by Gasteiger charge is 2.19. The van der Waals surface area contributed by atoms with E-state index in [0.717, 1.165) is 27.8 Å². The van der Waals surface area contributed by atoms with Crippen LogP contribution in [0.15, 0.2) is 42.5 Å². The maximum Gasteiger partial charge on any atom is 0.350 e. The lowest BCUT2D eigenvalue weighted by Crippen LogP contribution is -2.02. The Balaban J connectivity index is 2.08. The van der Waals surface area contributed by atoms with E-state index in [4.69, 9.17) is 9.47 Å². The molecule has 0 atom stereocenters. The minimum Gasteiger partial charge on any atom is -0.497 e. The molecule has 0 bridgehead atoms. The van der Waals surface area contributed by atoms with Gasteiger partial charge in [0.1, 0.15) is 16.9 Å². The molecule has 0 unspecified atom stereocenters. The Morgan fingerprint density at radius 3 is 2.50 bits per heavy atom. The van der Waals surface area contributed by atoms with Crippen LogP contribution < -0.4 is 10.1 Å². The molecule has 0 spiro atoms. The van der Waals surface area contributed by atoms with Gasteiger partial charge in [0.2, 0.25) is 0 Å². The molecular formula is C18H15NO4S. The molecule has 1 aromatic heterocycles. The van der Waals surface area contributed by atoms with Crippen molar-refractivity contribution in [1.29, 1.82) is 0 Å². The van der Waals surface area contributed by atoms with Crippen molar-refractivity contribution in [2.75, 3.05) is 19.5 Å². The first-order valence-electron chi connectivity index (χ1n) is 7.17. The van der Waals surface area contributed by atoms with E-state index in [1.54, 1.807) is 31.4 Å². The van der Waals surface area contributed by atoms with Gasteiger partial charge in [-0.3, -0.25) is 4.79 Å². The zero-order chi connectivity index (χ0) is 17.1. The van der Waals surface area contributed by atoms with E-state index < -0.39 is 5.97 Å². The van der Waals surface area contributed by atoms with E-state index in [-0.39, 0.29) is 0 Å². The number of carbonyl (C=O) groups excluding carboxylic acids is 2. The van der Waals surface area contributed by atoms with Gasteiger partial charge in [-0.15, -0.1) is 11.3 Å². The molecular weight excluding hydrogens is 326 g/mol. The van der Waals surface area contributed by atoms with Crippen molar-refractivity contribution in [2.24, 2.45) is 0 Å². The van der Waals surface area contributed by atoms with Crippen LogP contribution in [-0.2, 0) is 4.74 Å². The molecule has 0 aliphatic carbocycles.